The lowest BCUT2D eigenvalue weighted by Gasteiger charge is -2.34. The van der Waals surface area contributed by atoms with Gasteiger partial charge in [0.05, 0.1) is 6.10 Å². The number of aliphatic hydroxyl groups is 1. The molecule has 1 fully saturated rings. The van der Waals surface area contributed by atoms with Crippen LogP contribution in [0.4, 0.5) is 0 Å². The van der Waals surface area contributed by atoms with Crippen LogP contribution in [0.25, 0.3) is 0 Å². The van der Waals surface area contributed by atoms with Crippen LogP contribution in [0, 0.1) is 0 Å². The molecule has 0 aromatic heterocycles. The number of piperazine rings is 1. The monoisotopic (exact) mass is 242 g/mol. The molecule has 1 aliphatic heterocycles. The maximum atomic E-state index is 9.76. The average molecular weight is 242 g/mol. The maximum absolute atomic E-state index is 9.76. The predicted octanol–water partition coefficient (Wildman–Crippen LogP) is 1.96. The van der Waals surface area contributed by atoms with Crippen molar-refractivity contribution < 1.29 is 5.11 Å². The van der Waals surface area contributed by atoms with E-state index in [9.17, 15) is 5.11 Å². The molecular weight excluding hydrogens is 212 g/mol. The minimum atomic E-state index is -0.0631. The first-order valence-electron chi connectivity index (χ1n) is 7.39. The van der Waals surface area contributed by atoms with Crippen LogP contribution in [-0.4, -0.2) is 60.3 Å². The Balaban J connectivity index is 1.99. The van der Waals surface area contributed by atoms with Crippen LogP contribution in [0.15, 0.2) is 0 Å². The lowest BCUT2D eigenvalue weighted by Crippen LogP contribution is -2.46. The third-order valence-corrected chi connectivity index (χ3v) is 3.81. The first-order chi connectivity index (χ1) is 8.26. The first kappa shape index (κ1) is 14.9. The molecule has 3 heteroatoms. The van der Waals surface area contributed by atoms with Crippen LogP contribution in [-0.2, 0) is 0 Å². The van der Waals surface area contributed by atoms with Crippen LogP contribution >= 0.6 is 0 Å². The molecule has 0 radical (unpaired) electrons. The normalized spacial score (nSPS) is 20.6. The van der Waals surface area contributed by atoms with Crippen molar-refractivity contribution in [2.45, 2.75) is 52.1 Å². The van der Waals surface area contributed by atoms with Crippen LogP contribution in [0.5, 0.6) is 0 Å². The van der Waals surface area contributed by atoms with Gasteiger partial charge in [-0.3, -0.25) is 0 Å². The van der Waals surface area contributed by atoms with Gasteiger partial charge in [-0.15, -0.1) is 0 Å². The van der Waals surface area contributed by atoms with Crippen molar-refractivity contribution in [2.75, 3.05) is 39.3 Å². The van der Waals surface area contributed by atoms with E-state index < -0.39 is 0 Å². The van der Waals surface area contributed by atoms with E-state index >= 15 is 0 Å². The van der Waals surface area contributed by atoms with Crippen molar-refractivity contribution in [3.8, 4) is 0 Å². The van der Waals surface area contributed by atoms with Gasteiger partial charge in [0.25, 0.3) is 0 Å². The van der Waals surface area contributed by atoms with Gasteiger partial charge in [0, 0.05) is 26.2 Å². The van der Waals surface area contributed by atoms with Crippen LogP contribution in [0.1, 0.15) is 46.0 Å². The first-order valence-corrected chi connectivity index (χ1v) is 7.39. The number of likely N-dealkylation sites (N-methyl/N-ethyl adjacent to an activating group) is 1. The third kappa shape index (κ3) is 6.39. The zero-order chi connectivity index (χ0) is 12.5. The second-order valence-corrected chi connectivity index (χ2v) is 5.21. The Morgan fingerprint density at radius 3 is 2.12 bits per heavy atom. The summed E-state index contributed by atoms with van der Waals surface area (Å²) in [6.07, 6.45) is 5.41. The minimum Gasteiger partial charge on any atom is -0.393 e. The minimum absolute atomic E-state index is 0.0631. The van der Waals surface area contributed by atoms with Crippen molar-refractivity contribution >= 4 is 0 Å². The summed E-state index contributed by atoms with van der Waals surface area (Å²) in [4.78, 5) is 5.05. The zero-order valence-electron chi connectivity index (χ0n) is 11.7. The molecule has 1 N–H and O–H groups in total. The second kappa shape index (κ2) is 8.90. The Bertz CT molecular complexity index is 179. The van der Waals surface area contributed by atoms with E-state index in [0.717, 1.165) is 25.7 Å². The van der Waals surface area contributed by atoms with Gasteiger partial charge in [0.1, 0.15) is 0 Å². The SMILES string of the molecule is CCCCC(O)CCCN1CCN(CC)CC1. The highest BCUT2D eigenvalue weighted by atomic mass is 16.3. The molecule has 1 unspecified atom stereocenters. The predicted molar refractivity (Wildman–Crippen MR) is 73.3 cm³/mol. The molecule has 1 saturated heterocycles. The Labute approximate surface area is 107 Å². The van der Waals surface area contributed by atoms with Gasteiger partial charge in [0.15, 0.2) is 0 Å². The highest BCUT2D eigenvalue weighted by Gasteiger charge is 2.15. The van der Waals surface area contributed by atoms with Crippen LogP contribution < -0.4 is 0 Å². The molecule has 0 bridgehead atoms. The topological polar surface area (TPSA) is 26.7 Å². The summed E-state index contributed by atoms with van der Waals surface area (Å²) >= 11 is 0. The smallest absolute Gasteiger partial charge is 0.0540 e. The summed E-state index contributed by atoms with van der Waals surface area (Å²) in [6, 6.07) is 0. The molecule has 0 aromatic rings. The highest BCUT2D eigenvalue weighted by Crippen LogP contribution is 2.08. The van der Waals surface area contributed by atoms with E-state index in [-0.39, 0.29) is 6.10 Å². The Kier molecular flexibility index (Phi) is 7.82. The molecule has 0 amide bonds. The third-order valence-electron chi connectivity index (χ3n) is 3.81. The molecule has 1 rings (SSSR count). The molecule has 102 valence electrons. The molecular formula is C14H30N2O. The van der Waals surface area contributed by atoms with E-state index in [4.69, 9.17) is 0 Å². The summed E-state index contributed by atoms with van der Waals surface area (Å²) in [5.41, 5.74) is 0. The Hall–Kier alpha value is -0.120. The standard InChI is InChI=1S/C14H30N2O/c1-3-5-7-14(17)8-6-9-16-12-10-15(4-2)11-13-16/h14,17H,3-13H2,1-2H3. The lowest BCUT2D eigenvalue weighted by atomic mass is 10.1. The molecule has 3 nitrogen and oxygen atoms in total. The fourth-order valence-electron chi connectivity index (χ4n) is 2.46. The largest absolute Gasteiger partial charge is 0.393 e. The van der Waals surface area contributed by atoms with Crippen molar-refractivity contribution in [3.63, 3.8) is 0 Å². The van der Waals surface area contributed by atoms with Gasteiger partial charge in [-0.25, -0.2) is 0 Å². The number of rotatable bonds is 8. The summed E-state index contributed by atoms with van der Waals surface area (Å²) in [7, 11) is 0. The van der Waals surface area contributed by atoms with Crippen LogP contribution in [0.3, 0.4) is 0 Å². The summed E-state index contributed by atoms with van der Waals surface area (Å²) in [6.45, 7) is 11.6. The zero-order valence-corrected chi connectivity index (χ0v) is 11.7. The number of nitrogens with zero attached hydrogens (tertiary/aromatic N) is 2. The van der Waals surface area contributed by atoms with Crippen molar-refractivity contribution in [3.05, 3.63) is 0 Å². The quantitative estimate of drug-likeness (QED) is 0.705. The number of hydrogen-bond donors (Lipinski definition) is 1. The molecule has 0 aliphatic carbocycles. The second-order valence-electron chi connectivity index (χ2n) is 5.21. The molecule has 1 aliphatic rings. The molecule has 0 saturated carbocycles. The molecule has 1 heterocycles. The summed E-state index contributed by atoms with van der Waals surface area (Å²) in [5.74, 6) is 0. The van der Waals surface area contributed by atoms with Gasteiger partial charge < -0.3 is 14.9 Å². The molecule has 0 aromatic carbocycles. The summed E-state index contributed by atoms with van der Waals surface area (Å²) < 4.78 is 0. The number of hydrogen-bond acceptors (Lipinski definition) is 3. The van der Waals surface area contributed by atoms with Gasteiger partial charge in [0.2, 0.25) is 0 Å². The fraction of sp³-hybridized carbons (Fsp3) is 1.00. The van der Waals surface area contributed by atoms with Crippen LogP contribution in [0.2, 0.25) is 0 Å². The molecule has 0 spiro atoms. The van der Waals surface area contributed by atoms with Gasteiger partial charge >= 0.3 is 0 Å². The lowest BCUT2D eigenvalue weighted by molar-refractivity contribution is 0.117. The highest BCUT2D eigenvalue weighted by molar-refractivity contribution is 4.71. The van der Waals surface area contributed by atoms with E-state index in [1.54, 1.807) is 0 Å². The molecule has 1 atom stereocenters. The average Bonchev–Trinajstić information content (AvgIpc) is 2.37. The van der Waals surface area contributed by atoms with E-state index in [1.165, 1.54) is 45.7 Å². The van der Waals surface area contributed by atoms with Crippen molar-refractivity contribution in [1.29, 1.82) is 0 Å². The summed E-state index contributed by atoms with van der Waals surface area (Å²) in [5, 5.41) is 9.76. The van der Waals surface area contributed by atoms with Gasteiger partial charge in [-0.1, -0.05) is 26.7 Å². The Morgan fingerprint density at radius 1 is 0.941 bits per heavy atom. The maximum Gasteiger partial charge on any atom is 0.0540 e. The van der Waals surface area contributed by atoms with E-state index in [1.807, 2.05) is 0 Å². The molecule has 17 heavy (non-hydrogen) atoms. The van der Waals surface area contributed by atoms with Gasteiger partial charge in [-0.2, -0.15) is 0 Å². The Morgan fingerprint density at radius 2 is 1.53 bits per heavy atom. The fourth-order valence-corrected chi connectivity index (χ4v) is 2.46. The number of unbranched alkanes of at least 4 members (excludes halogenated alkanes) is 1. The van der Waals surface area contributed by atoms with Crippen molar-refractivity contribution in [1.82, 2.24) is 9.80 Å². The van der Waals surface area contributed by atoms with Crippen molar-refractivity contribution in [2.24, 2.45) is 0 Å². The van der Waals surface area contributed by atoms with Gasteiger partial charge in [-0.05, 0) is 32.4 Å². The van der Waals surface area contributed by atoms with E-state index in [0.29, 0.717) is 0 Å². The van der Waals surface area contributed by atoms with E-state index in [2.05, 4.69) is 23.6 Å². The number of aliphatic hydroxyl groups excluding tert-OH is 1.